The average Bonchev–Trinajstić information content (AvgIpc) is 3.27. The van der Waals surface area contributed by atoms with E-state index >= 15 is 0 Å². The zero-order chi connectivity index (χ0) is 26.9. The van der Waals surface area contributed by atoms with E-state index in [4.69, 9.17) is 25.5 Å². The number of carbonyl (C=O) groups is 1. The van der Waals surface area contributed by atoms with Crippen molar-refractivity contribution in [3.63, 3.8) is 0 Å². The van der Waals surface area contributed by atoms with Crippen molar-refractivity contribution in [2.24, 2.45) is 0 Å². The van der Waals surface area contributed by atoms with Crippen LogP contribution in [-0.4, -0.2) is 17.1 Å². The summed E-state index contributed by atoms with van der Waals surface area (Å²) in [6, 6.07) is 25.6. The van der Waals surface area contributed by atoms with Crippen LogP contribution in [0.4, 0.5) is 5.69 Å². The van der Waals surface area contributed by atoms with Crippen molar-refractivity contribution < 1.29 is 18.7 Å². The number of nitrogens with one attached hydrogen (secondary N) is 1. The Bertz CT molecular complexity index is 1910. The Labute approximate surface area is 228 Å². The van der Waals surface area contributed by atoms with Crippen LogP contribution < -0.4 is 20.2 Å². The number of halogens is 1. The average molecular weight is 539 g/mol. The zero-order valence-electron chi connectivity index (χ0n) is 20.9. The van der Waals surface area contributed by atoms with E-state index in [0.717, 1.165) is 28.4 Å². The number of amides is 1. The molecular formula is C31H23ClN2O5. The number of aromatic nitrogens is 1. The van der Waals surface area contributed by atoms with Gasteiger partial charge in [0, 0.05) is 45.1 Å². The smallest absolute Gasteiger partial charge is 0.262 e. The summed E-state index contributed by atoms with van der Waals surface area (Å²) in [7, 11) is 0. The minimum absolute atomic E-state index is 0.0527. The molecule has 6 aromatic rings. The summed E-state index contributed by atoms with van der Waals surface area (Å²) in [6.07, 6.45) is 1.25. The summed E-state index contributed by atoms with van der Waals surface area (Å²) in [5, 5.41) is 6.02. The SMILES string of the molecule is CCn1c2ccccc2c2cc(NC(=O)COc3ccc4c(=O)c(Oc5ccc(Cl)cc5)coc4c3)ccc21. The predicted octanol–water partition coefficient (Wildman–Crippen LogP) is 7.38. The Morgan fingerprint density at radius 1 is 0.897 bits per heavy atom. The first kappa shape index (κ1) is 24.6. The summed E-state index contributed by atoms with van der Waals surface area (Å²) in [5.74, 6) is 0.611. The van der Waals surface area contributed by atoms with Crippen LogP contribution in [0.3, 0.4) is 0 Å². The van der Waals surface area contributed by atoms with Crippen LogP contribution in [0, 0.1) is 0 Å². The molecule has 4 aromatic carbocycles. The number of carbonyl (C=O) groups excluding carboxylic acids is 1. The van der Waals surface area contributed by atoms with Crippen molar-refractivity contribution in [2.75, 3.05) is 11.9 Å². The van der Waals surface area contributed by atoms with Gasteiger partial charge in [-0.2, -0.15) is 0 Å². The Hall–Kier alpha value is -4.75. The van der Waals surface area contributed by atoms with Gasteiger partial charge in [0.2, 0.25) is 11.2 Å². The van der Waals surface area contributed by atoms with E-state index in [0.29, 0.717) is 33.2 Å². The normalized spacial score (nSPS) is 11.2. The maximum Gasteiger partial charge on any atom is 0.262 e. The Kier molecular flexibility index (Phi) is 6.42. The molecule has 6 rings (SSSR count). The second kappa shape index (κ2) is 10.2. The van der Waals surface area contributed by atoms with Crippen molar-refractivity contribution >= 4 is 56.0 Å². The number of rotatable bonds is 7. The maximum atomic E-state index is 12.9. The van der Waals surface area contributed by atoms with Gasteiger partial charge in [-0.1, -0.05) is 29.8 Å². The first-order valence-electron chi connectivity index (χ1n) is 12.4. The highest BCUT2D eigenvalue weighted by atomic mass is 35.5. The summed E-state index contributed by atoms with van der Waals surface area (Å²) in [5.41, 5.74) is 2.96. The van der Waals surface area contributed by atoms with Crippen molar-refractivity contribution in [2.45, 2.75) is 13.5 Å². The molecule has 8 heteroatoms. The van der Waals surface area contributed by atoms with Crippen LogP contribution in [-0.2, 0) is 11.3 Å². The topological polar surface area (TPSA) is 82.7 Å². The second-order valence-corrected chi connectivity index (χ2v) is 9.41. The van der Waals surface area contributed by atoms with Gasteiger partial charge in [0.25, 0.3) is 5.91 Å². The molecule has 0 aliphatic carbocycles. The molecule has 0 saturated carbocycles. The first-order valence-corrected chi connectivity index (χ1v) is 12.8. The third-order valence-electron chi connectivity index (χ3n) is 6.50. The summed E-state index contributed by atoms with van der Waals surface area (Å²) in [4.78, 5) is 25.5. The molecule has 0 bridgehead atoms. The van der Waals surface area contributed by atoms with Crippen molar-refractivity contribution in [1.82, 2.24) is 4.57 Å². The molecule has 2 heterocycles. The van der Waals surface area contributed by atoms with E-state index in [1.807, 2.05) is 30.3 Å². The molecule has 2 aromatic heterocycles. The Balaban J connectivity index is 1.15. The molecule has 0 radical (unpaired) electrons. The fourth-order valence-electron chi connectivity index (χ4n) is 4.70. The van der Waals surface area contributed by atoms with Crippen molar-refractivity contribution in [3.8, 4) is 17.2 Å². The lowest BCUT2D eigenvalue weighted by atomic mass is 10.1. The van der Waals surface area contributed by atoms with Crippen molar-refractivity contribution in [3.05, 3.63) is 106 Å². The standard InChI is InChI=1S/C31H23ClN2O5/c1-2-34-26-6-4-3-5-23(26)25-15-20(9-14-27(25)34)33-30(35)18-37-22-12-13-24-28(16-22)38-17-29(31(24)36)39-21-10-7-19(32)8-11-21/h3-17H,2,18H2,1H3,(H,33,35). The maximum absolute atomic E-state index is 12.9. The number of para-hydroxylation sites is 1. The van der Waals surface area contributed by atoms with Gasteiger partial charge in [-0.3, -0.25) is 9.59 Å². The first-order chi connectivity index (χ1) is 19.0. The minimum atomic E-state index is -0.324. The van der Waals surface area contributed by atoms with E-state index in [1.54, 1.807) is 42.5 Å². The molecule has 0 aliphatic heterocycles. The van der Waals surface area contributed by atoms with Crippen molar-refractivity contribution in [1.29, 1.82) is 0 Å². The lowest BCUT2D eigenvalue weighted by Crippen LogP contribution is -2.20. The highest BCUT2D eigenvalue weighted by Gasteiger charge is 2.13. The fourth-order valence-corrected chi connectivity index (χ4v) is 4.82. The molecule has 7 nitrogen and oxygen atoms in total. The number of aryl methyl sites for hydroxylation is 1. The molecule has 39 heavy (non-hydrogen) atoms. The molecule has 0 aliphatic rings. The molecular weight excluding hydrogens is 516 g/mol. The molecule has 0 fully saturated rings. The highest BCUT2D eigenvalue weighted by Crippen LogP contribution is 2.31. The largest absolute Gasteiger partial charge is 0.484 e. The van der Waals surface area contributed by atoms with E-state index in [-0.39, 0.29) is 23.7 Å². The van der Waals surface area contributed by atoms with Gasteiger partial charge in [0.15, 0.2) is 6.61 Å². The molecule has 0 unspecified atom stereocenters. The number of hydrogen-bond donors (Lipinski definition) is 1. The van der Waals surface area contributed by atoms with Gasteiger partial charge in [0.05, 0.1) is 5.39 Å². The van der Waals surface area contributed by atoms with Gasteiger partial charge in [-0.15, -0.1) is 0 Å². The van der Waals surface area contributed by atoms with Crippen LogP contribution in [0.2, 0.25) is 5.02 Å². The lowest BCUT2D eigenvalue weighted by Gasteiger charge is -2.09. The summed E-state index contributed by atoms with van der Waals surface area (Å²) in [6.45, 7) is 2.76. The van der Waals surface area contributed by atoms with Crippen LogP contribution >= 0.6 is 11.6 Å². The van der Waals surface area contributed by atoms with Gasteiger partial charge in [0.1, 0.15) is 23.3 Å². The van der Waals surface area contributed by atoms with Gasteiger partial charge >= 0.3 is 0 Å². The minimum Gasteiger partial charge on any atom is -0.484 e. The highest BCUT2D eigenvalue weighted by molar-refractivity contribution is 6.30. The van der Waals surface area contributed by atoms with Gasteiger partial charge < -0.3 is 23.8 Å². The molecule has 0 spiro atoms. The Morgan fingerprint density at radius 3 is 2.49 bits per heavy atom. The fraction of sp³-hybridized carbons (Fsp3) is 0.0968. The lowest BCUT2D eigenvalue weighted by molar-refractivity contribution is -0.118. The molecule has 0 saturated heterocycles. The number of anilines is 1. The second-order valence-electron chi connectivity index (χ2n) is 8.97. The van der Waals surface area contributed by atoms with Crippen LogP contribution in [0.1, 0.15) is 6.92 Å². The number of hydrogen-bond acceptors (Lipinski definition) is 5. The van der Waals surface area contributed by atoms with Gasteiger partial charge in [-0.25, -0.2) is 0 Å². The quantitative estimate of drug-likeness (QED) is 0.229. The molecule has 1 N–H and O–H groups in total. The van der Waals surface area contributed by atoms with Crippen LogP contribution in [0.25, 0.3) is 32.8 Å². The number of ether oxygens (including phenoxy) is 2. The third-order valence-corrected chi connectivity index (χ3v) is 6.75. The van der Waals surface area contributed by atoms with Crippen LogP contribution in [0.15, 0.2) is 100 Å². The van der Waals surface area contributed by atoms with E-state index in [2.05, 4.69) is 28.9 Å². The monoisotopic (exact) mass is 538 g/mol. The number of nitrogens with zero attached hydrogens (tertiary/aromatic N) is 1. The van der Waals surface area contributed by atoms with Gasteiger partial charge in [-0.05, 0) is 67.6 Å². The predicted molar refractivity (Wildman–Crippen MR) is 153 cm³/mol. The molecule has 194 valence electrons. The van der Waals surface area contributed by atoms with E-state index in [9.17, 15) is 9.59 Å². The third kappa shape index (κ3) is 4.80. The summed E-state index contributed by atoms with van der Waals surface area (Å²) >= 11 is 5.90. The zero-order valence-corrected chi connectivity index (χ0v) is 21.7. The molecule has 0 atom stereocenters. The Morgan fingerprint density at radius 2 is 1.67 bits per heavy atom. The van der Waals surface area contributed by atoms with Crippen LogP contribution in [0.5, 0.6) is 17.2 Å². The number of fused-ring (bicyclic) bond motifs is 4. The van der Waals surface area contributed by atoms with E-state index < -0.39 is 0 Å². The summed E-state index contributed by atoms with van der Waals surface area (Å²) < 4.78 is 19.2. The molecule has 1 amide bonds. The number of benzene rings is 4. The van der Waals surface area contributed by atoms with E-state index in [1.165, 1.54) is 6.26 Å².